The maximum absolute atomic E-state index is 12.9. The zero-order chi connectivity index (χ0) is 22.1. The average Bonchev–Trinajstić information content (AvgIpc) is 3.35. The van der Waals surface area contributed by atoms with Gasteiger partial charge in [-0.15, -0.1) is 0 Å². The molecule has 172 valence electrons. The van der Waals surface area contributed by atoms with Crippen molar-refractivity contribution in [2.45, 2.75) is 83.0 Å². The number of hydrogen-bond donors (Lipinski definition) is 1. The van der Waals surface area contributed by atoms with Crippen molar-refractivity contribution in [1.29, 1.82) is 0 Å². The van der Waals surface area contributed by atoms with E-state index in [2.05, 4.69) is 53.3 Å². The highest BCUT2D eigenvalue weighted by atomic mass is 32.1. The lowest BCUT2D eigenvalue weighted by Gasteiger charge is -2.42. The van der Waals surface area contributed by atoms with Gasteiger partial charge in [0.05, 0.1) is 6.04 Å². The zero-order valence-electron chi connectivity index (χ0n) is 19.2. The molecule has 1 aromatic heterocycles. The number of aromatic nitrogens is 1. The summed E-state index contributed by atoms with van der Waals surface area (Å²) in [4.78, 5) is 19.9. The van der Waals surface area contributed by atoms with Crippen LogP contribution >= 0.6 is 11.3 Å². The van der Waals surface area contributed by atoms with Crippen molar-refractivity contribution in [3.05, 3.63) is 47.5 Å². The van der Waals surface area contributed by atoms with Crippen molar-refractivity contribution in [3.8, 4) is 5.19 Å². The minimum atomic E-state index is 0.0797. The van der Waals surface area contributed by atoms with Crippen molar-refractivity contribution >= 4 is 17.2 Å². The molecule has 6 heteroatoms. The van der Waals surface area contributed by atoms with Crippen molar-refractivity contribution in [2.75, 3.05) is 6.54 Å². The normalized spacial score (nSPS) is 28.1. The summed E-state index contributed by atoms with van der Waals surface area (Å²) in [7, 11) is 0. The molecule has 3 unspecified atom stereocenters. The maximum Gasteiger partial charge on any atom is 0.273 e. The van der Waals surface area contributed by atoms with E-state index in [4.69, 9.17) is 4.74 Å². The number of rotatable bonds is 8. The monoisotopic (exact) mass is 453 g/mol. The molecule has 2 bridgehead atoms. The van der Waals surface area contributed by atoms with Gasteiger partial charge in [0.1, 0.15) is 6.10 Å². The van der Waals surface area contributed by atoms with E-state index in [0.29, 0.717) is 17.5 Å². The molecule has 3 fully saturated rings. The third kappa shape index (κ3) is 4.86. The van der Waals surface area contributed by atoms with Gasteiger partial charge < -0.3 is 10.1 Å². The Morgan fingerprint density at radius 3 is 2.56 bits per heavy atom. The number of piperidine rings is 1. The Labute approximate surface area is 195 Å². The third-order valence-corrected chi connectivity index (χ3v) is 8.34. The highest BCUT2D eigenvalue weighted by molar-refractivity contribution is 7.11. The summed E-state index contributed by atoms with van der Waals surface area (Å²) >= 11 is 1.58. The summed E-state index contributed by atoms with van der Waals surface area (Å²) in [5, 5.41) is 6.18. The van der Waals surface area contributed by atoms with Crippen LogP contribution in [0.15, 0.2) is 41.9 Å². The van der Waals surface area contributed by atoms with Crippen LogP contribution in [0.4, 0.5) is 0 Å². The zero-order valence-corrected chi connectivity index (χ0v) is 20.0. The predicted octanol–water partition coefficient (Wildman–Crippen LogP) is 5.20. The van der Waals surface area contributed by atoms with Gasteiger partial charge in [-0.3, -0.25) is 9.69 Å². The number of carbonyl (C=O) groups excluding carboxylic acids is 1. The average molecular weight is 454 g/mol. The summed E-state index contributed by atoms with van der Waals surface area (Å²) in [5.41, 5.74) is 1.53. The summed E-state index contributed by atoms with van der Waals surface area (Å²) < 4.78 is 6.16. The molecule has 2 aromatic rings. The number of amides is 1. The molecular weight excluding hydrogens is 418 g/mol. The number of hydrogen-bond acceptors (Lipinski definition) is 5. The lowest BCUT2D eigenvalue weighted by molar-refractivity contribution is -0.132. The van der Waals surface area contributed by atoms with E-state index in [0.717, 1.165) is 43.8 Å². The first-order valence-electron chi connectivity index (χ1n) is 12.1. The van der Waals surface area contributed by atoms with Gasteiger partial charge in [-0.1, -0.05) is 55.5 Å². The van der Waals surface area contributed by atoms with E-state index in [-0.39, 0.29) is 24.0 Å². The third-order valence-electron chi connectivity index (χ3n) is 7.68. The Balaban J connectivity index is 1.19. The Morgan fingerprint density at radius 2 is 1.94 bits per heavy atom. The van der Waals surface area contributed by atoms with Crippen LogP contribution < -0.4 is 10.1 Å². The lowest BCUT2D eigenvalue weighted by atomic mass is 9.64. The Kier molecular flexibility index (Phi) is 6.26. The Morgan fingerprint density at radius 1 is 1.22 bits per heavy atom. The summed E-state index contributed by atoms with van der Waals surface area (Å²) in [6.07, 6.45) is 9.70. The molecule has 5 nitrogen and oxygen atoms in total. The smallest absolute Gasteiger partial charge is 0.273 e. The van der Waals surface area contributed by atoms with Gasteiger partial charge in [-0.25, -0.2) is 4.98 Å². The quantitative estimate of drug-likeness (QED) is 0.597. The first-order valence-corrected chi connectivity index (χ1v) is 13.0. The first kappa shape index (κ1) is 21.9. The maximum atomic E-state index is 12.9. The van der Waals surface area contributed by atoms with E-state index in [1.807, 2.05) is 17.6 Å². The number of fused-ring (bicyclic) bond motifs is 2. The highest BCUT2D eigenvalue weighted by Crippen LogP contribution is 2.45. The topological polar surface area (TPSA) is 54.5 Å². The molecule has 3 heterocycles. The van der Waals surface area contributed by atoms with Crippen molar-refractivity contribution in [2.24, 2.45) is 11.3 Å². The van der Waals surface area contributed by atoms with Crippen molar-refractivity contribution in [3.63, 3.8) is 0 Å². The van der Waals surface area contributed by atoms with Gasteiger partial charge in [0.2, 0.25) is 5.91 Å². The van der Waals surface area contributed by atoms with Gasteiger partial charge >= 0.3 is 0 Å². The van der Waals surface area contributed by atoms with E-state index in [1.165, 1.54) is 18.4 Å². The minimum absolute atomic E-state index is 0.0797. The molecule has 3 atom stereocenters. The number of thiazole rings is 1. The van der Waals surface area contributed by atoms with Gasteiger partial charge in [-0.05, 0) is 55.9 Å². The van der Waals surface area contributed by atoms with E-state index < -0.39 is 0 Å². The van der Waals surface area contributed by atoms with Crippen LogP contribution in [0.1, 0.15) is 70.4 Å². The van der Waals surface area contributed by atoms with Gasteiger partial charge in [0.25, 0.3) is 5.19 Å². The van der Waals surface area contributed by atoms with Gasteiger partial charge in [0, 0.05) is 36.1 Å². The molecule has 0 radical (unpaired) electrons. The fourth-order valence-corrected chi connectivity index (χ4v) is 6.68. The molecule has 1 aromatic carbocycles. The Hall–Kier alpha value is -1.92. The number of carbonyl (C=O) groups is 1. The second-order valence-corrected chi connectivity index (χ2v) is 11.5. The second-order valence-electron chi connectivity index (χ2n) is 10.7. The van der Waals surface area contributed by atoms with Crippen LogP contribution in [0.2, 0.25) is 0 Å². The van der Waals surface area contributed by atoms with Gasteiger partial charge in [-0.2, -0.15) is 0 Å². The first-order chi connectivity index (χ1) is 15.5. The molecule has 0 spiro atoms. The lowest BCUT2D eigenvalue weighted by Crippen LogP contribution is -2.48. The largest absolute Gasteiger partial charge is 0.467 e. The van der Waals surface area contributed by atoms with Gasteiger partial charge in [0.15, 0.2) is 0 Å². The molecule has 1 N–H and O–H groups in total. The second kappa shape index (κ2) is 9.14. The van der Waals surface area contributed by atoms with Crippen LogP contribution in [0.3, 0.4) is 0 Å². The van der Waals surface area contributed by atoms with E-state index in [1.54, 1.807) is 11.3 Å². The summed E-state index contributed by atoms with van der Waals surface area (Å²) in [5.74, 6) is 0.405. The van der Waals surface area contributed by atoms with Crippen LogP contribution in [0, 0.1) is 11.3 Å². The Bertz CT molecular complexity index is 879. The van der Waals surface area contributed by atoms with Crippen LogP contribution in [0.25, 0.3) is 0 Å². The molecule has 1 aliphatic carbocycles. The number of ether oxygens (including phenoxy) is 1. The van der Waals surface area contributed by atoms with E-state index in [9.17, 15) is 4.79 Å². The van der Waals surface area contributed by atoms with Crippen LogP contribution in [-0.4, -0.2) is 40.5 Å². The molecule has 1 saturated carbocycles. The SMILES string of the molecule is CC1(C)CC(C(=O)NC(CCN2C3CCC2CC(Oc2nccs2)C3)c2ccccc2)C1. The molecule has 5 rings (SSSR count). The van der Waals surface area contributed by atoms with Crippen molar-refractivity contribution in [1.82, 2.24) is 15.2 Å². The number of nitrogens with one attached hydrogen (secondary N) is 1. The fourth-order valence-electron chi connectivity index (χ4n) is 6.13. The summed E-state index contributed by atoms with van der Waals surface area (Å²) in [6, 6.07) is 11.7. The minimum Gasteiger partial charge on any atom is -0.467 e. The number of nitrogens with zero attached hydrogens (tertiary/aromatic N) is 2. The standard InChI is InChI=1S/C26H35N3O2S/c1-26(2)16-19(17-26)24(30)28-23(18-6-4-3-5-7-18)10-12-29-20-8-9-21(29)15-22(14-20)31-25-27-11-13-32-25/h3-7,11,13,19-23H,8-10,12,14-17H2,1-2H3,(H,28,30). The molecule has 32 heavy (non-hydrogen) atoms. The number of benzene rings is 1. The van der Waals surface area contributed by atoms with E-state index >= 15 is 0 Å². The fraction of sp³-hybridized carbons (Fsp3) is 0.615. The molecular formula is C26H35N3O2S. The predicted molar refractivity (Wildman–Crippen MR) is 128 cm³/mol. The highest BCUT2D eigenvalue weighted by Gasteiger charge is 2.43. The van der Waals surface area contributed by atoms with Crippen LogP contribution in [0.5, 0.6) is 5.19 Å². The molecule has 2 aliphatic heterocycles. The van der Waals surface area contributed by atoms with Crippen molar-refractivity contribution < 1.29 is 9.53 Å². The molecule has 2 saturated heterocycles. The summed E-state index contributed by atoms with van der Waals surface area (Å²) in [6.45, 7) is 5.53. The molecule has 1 amide bonds. The van der Waals surface area contributed by atoms with Crippen LogP contribution in [-0.2, 0) is 4.79 Å². The molecule has 3 aliphatic rings.